The van der Waals surface area contributed by atoms with Crippen LogP contribution in [0.2, 0.25) is 0 Å². The zero-order valence-electron chi connectivity index (χ0n) is 35.6. The first-order valence-electron chi connectivity index (χ1n) is 22.8. The summed E-state index contributed by atoms with van der Waals surface area (Å²) in [6, 6.07) is 9.98. The molecule has 0 fully saturated rings. The van der Waals surface area contributed by atoms with Crippen LogP contribution in [-0.4, -0.2) is 55.1 Å². The number of hydrogen-bond acceptors (Lipinski definition) is 6. The number of nitrogens with zero attached hydrogens (tertiary/aromatic N) is 1. The van der Waals surface area contributed by atoms with Crippen LogP contribution in [-0.2, 0) is 30.3 Å². The lowest BCUT2D eigenvalue weighted by Gasteiger charge is -2.25. The zero-order chi connectivity index (χ0) is 39.5. The fourth-order valence-corrected chi connectivity index (χ4v) is 7.33. The number of unbranched alkanes of at least 4 members (excludes halogenated alkanes) is 16. The lowest BCUT2D eigenvalue weighted by Crippen LogP contribution is -2.39. The van der Waals surface area contributed by atoms with E-state index in [-0.39, 0.29) is 62.0 Å². The van der Waals surface area contributed by atoms with Crippen molar-refractivity contribution in [3.8, 4) is 0 Å². The molecule has 54 heavy (non-hydrogen) atoms. The highest BCUT2D eigenvalue weighted by molar-refractivity contribution is 5.76. The Balaban J connectivity index is 2.84. The van der Waals surface area contributed by atoms with Gasteiger partial charge in [-0.3, -0.25) is 14.4 Å². The van der Waals surface area contributed by atoms with Gasteiger partial charge in [0.2, 0.25) is 5.91 Å². The molecule has 0 aromatic heterocycles. The van der Waals surface area contributed by atoms with Gasteiger partial charge in [-0.2, -0.15) is 0 Å². The standard InChI is InChI=1S/C47H84N2O5/c1-5-9-13-17-19-26-32-42(30-24-15-11-7-3)46(51)53-38-36-49(45(50)35-34-44(48)40-41-28-22-21-23-29-41)37-39-54-47(52)43(31-25-16-12-8-4)33-27-20-18-14-10-6-2/h21-23,28-29,42-44H,5-20,24-27,30-40,48H2,1-4H3. The highest BCUT2D eigenvalue weighted by atomic mass is 16.5. The molecule has 2 N–H and O–H groups in total. The minimum atomic E-state index is -0.139. The number of carbonyl (C=O) groups is 3. The molecule has 1 rings (SSSR count). The summed E-state index contributed by atoms with van der Waals surface area (Å²) in [5.41, 5.74) is 7.61. The normalized spacial score (nSPS) is 13.0. The Morgan fingerprint density at radius 3 is 1.31 bits per heavy atom. The predicted molar refractivity (Wildman–Crippen MR) is 226 cm³/mol. The van der Waals surface area contributed by atoms with Gasteiger partial charge in [-0.25, -0.2) is 0 Å². The monoisotopic (exact) mass is 757 g/mol. The Kier molecular flexibility index (Phi) is 32.2. The predicted octanol–water partition coefficient (Wildman–Crippen LogP) is 11.9. The molecule has 312 valence electrons. The van der Waals surface area contributed by atoms with E-state index in [9.17, 15) is 14.4 Å². The molecule has 0 spiro atoms. The Morgan fingerprint density at radius 2 is 0.907 bits per heavy atom. The summed E-state index contributed by atoms with van der Waals surface area (Å²) in [4.78, 5) is 42.1. The number of esters is 2. The number of rotatable bonds is 37. The smallest absolute Gasteiger partial charge is 0.308 e. The second-order valence-corrected chi connectivity index (χ2v) is 15.9. The van der Waals surface area contributed by atoms with Crippen LogP contribution in [0.15, 0.2) is 30.3 Å². The first kappa shape index (κ1) is 49.6. The summed E-state index contributed by atoms with van der Waals surface area (Å²) in [5.74, 6) is -0.490. The largest absolute Gasteiger partial charge is 0.464 e. The van der Waals surface area contributed by atoms with Crippen LogP contribution in [0.4, 0.5) is 0 Å². The molecule has 3 unspecified atom stereocenters. The van der Waals surface area contributed by atoms with Crippen molar-refractivity contribution in [3.63, 3.8) is 0 Å². The summed E-state index contributed by atoms with van der Waals surface area (Å²) < 4.78 is 11.8. The molecule has 0 aliphatic carbocycles. The number of carbonyl (C=O) groups excluding carboxylic acids is 3. The molecule has 0 heterocycles. The molecule has 1 aromatic rings. The van der Waals surface area contributed by atoms with Gasteiger partial charge >= 0.3 is 11.9 Å². The molecular formula is C47H84N2O5. The number of benzene rings is 1. The second-order valence-electron chi connectivity index (χ2n) is 15.9. The first-order chi connectivity index (χ1) is 26.4. The maximum Gasteiger partial charge on any atom is 0.308 e. The van der Waals surface area contributed by atoms with E-state index in [4.69, 9.17) is 15.2 Å². The molecule has 1 amide bonds. The minimum Gasteiger partial charge on any atom is -0.464 e. The maximum atomic E-state index is 13.6. The number of amides is 1. The van der Waals surface area contributed by atoms with Gasteiger partial charge in [0.25, 0.3) is 0 Å². The SMILES string of the molecule is CCCCCCCCC(CCCCCC)C(=O)OCCN(CCOC(=O)C(CCCCCC)CCCCCCCC)C(=O)CCC(N)Cc1ccccc1. The highest BCUT2D eigenvalue weighted by Gasteiger charge is 2.23. The molecule has 0 bridgehead atoms. The van der Waals surface area contributed by atoms with Gasteiger partial charge in [-0.1, -0.05) is 186 Å². The Bertz CT molecular complexity index is 984. The third-order valence-electron chi connectivity index (χ3n) is 10.9. The second kappa shape index (κ2) is 35.0. The molecule has 3 atom stereocenters. The number of hydrogen-bond donors (Lipinski definition) is 1. The van der Waals surface area contributed by atoms with E-state index in [2.05, 4.69) is 39.8 Å². The fraction of sp³-hybridized carbons (Fsp3) is 0.809. The molecule has 0 radical (unpaired) electrons. The Morgan fingerprint density at radius 1 is 0.537 bits per heavy atom. The third-order valence-corrected chi connectivity index (χ3v) is 10.9. The van der Waals surface area contributed by atoms with Gasteiger partial charge in [0.15, 0.2) is 0 Å². The van der Waals surface area contributed by atoms with E-state index < -0.39 is 0 Å². The van der Waals surface area contributed by atoms with Crippen LogP contribution in [0.5, 0.6) is 0 Å². The molecule has 0 saturated heterocycles. The number of ether oxygens (including phenoxy) is 2. The lowest BCUT2D eigenvalue weighted by molar-refractivity contribution is -0.152. The van der Waals surface area contributed by atoms with Gasteiger partial charge in [0.1, 0.15) is 13.2 Å². The molecule has 0 saturated carbocycles. The average molecular weight is 757 g/mol. The van der Waals surface area contributed by atoms with Crippen LogP contribution < -0.4 is 5.73 Å². The van der Waals surface area contributed by atoms with Crippen LogP contribution >= 0.6 is 0 Å². The summed E-state index contributed by atoms with van der Waals surface area (Å²) in [5, 5.41) is 0. The zero-order valence-corrected chi connectivity index (χ0v) is 35.6. The molecule has 0 aliphatic rings. The Labute approximate surface area is 332 Å². The summed E-state index contributed by atoms with van der Waals surface area (Å²) in [6.45, 7) is 9.74. The average Bonchev–Trinajstić information content (AvgIpc) is 3.17. The minimum absolute atomic E-state index is 0.0444. The van der Waals surface area contributed by atoms with Crippen molar-refractivity contribution >= 4 is 17.8 Å². The van der Waals surface area contributed by atoms with Crippen molar-refractivity contribution in [3.05, 3.63) is 35.9 Å². The quantitative estimate of drug-likeness (QED) is 0.0536. The third kappa shape index (κ3) is 26.4. The van der Waals surface area contributed by atoms with Crippen molar-refractivity contribution in [2.45, 2.75) is 207 Å². The summed E-state index contributed by atoms with van der Waals surface area (Å²) in [7, 11) is 0. The van der Waals surface area contributed by atoms with Crippen molar-refractivity contribution in [2.75, 3.05) is 26.3 Å². The summed E-state index contributed by atoms with van der Waals surface area (Å²) in [6.07, 6.45) is 28.5. The van der Waals surface area contributed by atoms with Crippen molar-refractivity contribution in [1.82, 2.24) is 4.90 Å². The van der Waals surface area contributed by atoms with Gasteiger partial charge in [-0.15, -0.1) is 0 Å². The van der Waals surface area contributed by atoms with Crippen LogP contribution in [0.1, 0.15) is 200 Å². The van der Waals surface area contributed by atoms with Gasteiger partial charge in [-0.05, 0) is 44.1 Å². The Hall–Kier alpha value is -2.41. The van der Waals surface area contributed by atoms with Crippen LogP contribution in [0.3, 0.4) is 0 Å². The van der Waals surface area contributed by atoms with E-state index in [0.29, 0.717) is 19.3 Å². The fourth-order valence-electron chi connectivity index (χ4n) is 7.33. The van der Waals surface area contributed by atoms with Crippen LogP contribution in [0.25, 0.3) is 0 Å². The van der Waals surface area contributed by atoms with Gasteiger partial charge in [0, 0.05) is 12.5 Å². The topological polar surface area (TPSA) is 98.9 Å². The molecule has 7 heteroatoms. The van der Waals surface area contributed by atoms with Crippen molar-refractivity contribution in [1.29, 1.82) is 0 Å². The van der Waals surface area contributed by atoms with E-state index in [1.165, 1.54) is 77.0 Å². The van der Waals surface area contributed by atoms with Crippen LogP contribution in [0, 0.1) is 11.8 Å². The lowest BCUT2D eigenvalue weighted by atomic mass is 9.94. The van der Waals surface area contributed by atoms with E-state index in [1.807, 2.05) is 18.2 Å². The maximum absolute atomic E-state index is 13.6. The first-order valence-corrected chi connectivity index (χ1v) is 22.8. The molecule has 7 nitrogen and oxygen atoms in total. The number of nitrogens with two attached hydrogens (primary N) is 1. The van der Waals surface area contributed by atoms with Crippen molar-refractivity contribution in [2.24, 2.45) is 17.6 Å². The van der Waals surface area contributed by atoms with E-state index in [1.54, 1.807) is 4.90 Å². The van der Waals surface area contributed by atoms with Gasteiger partial charge < -0.3 is 20.1 Å². The summed E-state index contributed by atoms with van der Waals surface area (Å²) >= 11 is 0. The molecule has 0 aliphatic heterocycles. The van der Waals surface area contributed by atoms with E-state index in [0.717, 1.165) is 82.6 Å². The van der Waals surface area contributed by atoms with Gasteiger partial charge in [0.05, 0.1) is 24.9 Å². The van der Waals surface area contributed by atoms with Crippen molar-refractivity contribution < 1.29 is 23.9 Å². The molecule has 1 aromatic carbocycles. The van der Waals surface area contributed by atoms with E-state index >= 15 is 0 Å². The molecular weight excluding hydrogens is 673 g/mol. The highest BCUT2D eigenvalue weighted by Crippen LogP contribution is 2.22.